The van der Waals surface area contributed by atoms with Gasteiger partial charge in [0.15, 0.2) is 0 Å². The fraction of sp³-hybridized carbons (Fsp3) is 0.556. The lowest BCUT2D eigenvalue weighted by atomic mass is 9.66. The standard InChI is InChI=1S/C18H22F3NO4/c1-25-15(23)12-9-17(16(24)26-2,11-18(20,21)10-12)6-7-22-14-5-3-4-13(19)8-14/h3-5,8,12,22H,6-7,9-11H2,1-2H3. The van der Waals surface area contributed by atoms with E-state index in [9.17, 15) is 22.8 Å². The Morgan fingerprint density at radius 3 is 2.58 bits per heavy atom. The summed E-state index contributed by atoms with van der Waals surface area (Å²) in [4.78, 5) is 24.2. The molecular weight excluding hydrogens is 351 g/mol. The number of nitrogens with one attached hydrogen (secondary N) is 1. The fourth-order valence-electron chi connectivity index (χ4n) is 3.59. The molecule has 1 aliphatic carbocycles. The summed E-state index contributed by atoms with van der Waals surface area (Å²) in [5, 5.41) is 2.91. The van der Waals surface area contributed by atoms with Gasteiger partial charge in [0, 0.05) is 25.1 Å². The first-order valence-electron chi connectivity index (χ1n) is 8.25. The second-order valence-electron chi connectivity index (χ2n) is 6.62. The van der Waals surface area contributed by atoms with Gasteiger partial charge in [0.2, 0.25) is 5.92 Å². The van der Waals surface area contributed by atoms with Gasteiger partial charge >= 0.3 is 11.9 Å². The van der Waals surface area contributed by atoms with Gasteiger partial charge < -0.3 is 14.8 Å². The van der Waals surface area contributed by atoms with E-state index < -0.39 is 47.9 Å². The van der Waals surface area contributed by atoms with E-state index in [4.69, 9.17) is 4.74 Å². The summed E-state index contributed by atoms with van der Waals surface area (Å²) in [6.07, 6.45) is -1.42. The Morgan fingerprint density at radius 2 is 1.96 bits per heavy atom. The summed E-state index contributed by atoms with van der Waals surface area (Å²) in [7, 11) is 2.25. The van der Waals surface area contributed by atoms with Crippen LogP contribution in [0.3, 0.4) is 0 Å². The number of esters is 2. The number of rotatable bonds is 6. The maximum Gasteiger partial charge on any atom is 0.312 e. The normalized spacial score (nSPS) is 24.6. The minimum Gasteiger partial charge on any atom is -0.469 e. The van der Waals surface area contributed by atoms with E-state index >= 15 is 0 Å². The van der Waals surface area contributed by atoms with Crippen LogP contribution >= 0.6 is 0 Å². The van der Waals surface area contributed by atoms with E-state index in [1.807, 2.05) is 0 Å². The van der Waals surface area contributed by atoms with Crippen molar-refractivity contribution in [2.75, 3.05) is 26.1 Å². The van der Waals surface area contributed by atoms with Crippen LogP contribution in [0.25, 0.3) is 0 Å². The van der Waals surface area contributed by atoms with Crippen LogP contribution in [0, 0.1) is 17.2 Å². The van der Waals surface area contributed by atoms with Crippen LogP contribution in [0.4, 0.5) is 18.9 Å². The molecule has 8 heteroatoms. The van der Waals surface area contributed by atoms with E-state index in [0.29, 0.717) is 5.69 Å². The van der Waals surface area contributed by atoms with Gasteiger partial charge in [-0.05, 0) is 31.0 Å². The Morgan fingerprint density at radius 1 is 1.23 bits per heavy atom. The van der Waals surface area contributed by atoms with E-state index in [2.05, 4.69) is 10.1 Å². The van der Waals surface area contributed by atoms with Gasteiger partial charge in [-0.3, -0.25) is 9.59 Å². The van der Waals surface area contributed by atoms with E-state index in [0.717, 1.165) is 14.2 Å². The third-order valence-electron chi connectivity index (χ3n) is 4.69. The second-order valence-corrected chi connectivity index (χ2v) is 6.62. The summed E-state index contributed by atoms with van der Waals surface area (Å²) in [6.45, 7) is 0.141. The van der Waals surface area contributed by atoms with Crippen molar-refractivity contribution in [3.8, 4) is 0 Å². The number of hydrogen-bond donors (Lipinski definition) is 1. The van der Waals surface area contributed by atoms with Crippen LogP contribution in [0.15, 0.2) is 24.3 Å². The molecule has 0 heterocycles. The lowest BCUT2D eigenvalue weighted by Gasteiger charge is -2.41. The Labute approximate surface area is 149 Å². The molecule has 0 bridgehead atoms. The van der Waals surface area contributed by atoms with Crippen molar-refractivity contribution in [2.45, 2.75) is 31.6 Å². The predicted octanol–water partition coefficient (Wildman–Crippen LogP) is 3.40. The summed E-state index contributed by atoms with van der Waals surface area (Å²) in [6, 6.07) is 5.68. The first-order chi connectivity index (χ1) is 12.2. The maximum atomic E-state index is 14.3. The molecule has 2 unspecified atom stereocenters. The third-order valence-corrected chi connectivity index (χ3v) is 4.69. The molecule has 2 rings (SSSR count). The number of anilines is 1. The molecule has 0 spiro atoms. The van der Waals surface area contributed by atoms with E-state index in [1.54, 1.807) is 6.07 Å². The molecule has 144 valence electrons. The molecule has 0 saturated heterocycles. The number of methoxy groups -OCH3 is 2. The Balaban J connectivity index is 2.18. The van der Waals surface area contributed by atoms with Crippen LogP contribution in [0.1, 0.15) is 25.7 Å². The van der Waals surface area contributed by atoms with Crippen molar-refractivity contribution in [3.63, 3.8) is 0 Å². The average molecular weight is 373 g/mol. The van der Waals surface area contributed by atoms with Crippen molar-refractivity contribution in [3.05, 3.63) is 30.1 Å². The number of benzene rings is 1. The zero-order valence-corrected chi connectivity index (χ0v) is 14.7. The molecule has 0 aromatic heterocycles. The number of carbonyl (C=O) groups is 2. The van der Waals surface area contributed by atoms with Crippen molar-refractivity contribution in [1.82, 2.24) is 0 Å². The van der Waals surface area contributed by atoms with Crippen molar-refractivity contribution in [1.29, 1.82) is 0 Å². The smallest absolute Gasteiger partial charge is 0.312 e. The number of halogens is 3. The van der Waals surface area contributed by atoms with Crippen molar-refractivity contribution >= 4 is 17.6 Å². The molecule has 0 radical (unpaired) electrons. The highest BCUT2D eigenvalue weighted by Gasteiger charge is 2.55. The zero-order chi connectivity index (χ0) is 19.4. The van der Waals surface area contributed by atoms with Crippen LogP contribution in [0.5, 0.6) is 0 Å². The van der Waals surface area contributed by atoms with Crippen LogP contribution in [0.2, 0.25) is 0 Å². The number of ether oxygens (including phenoxy) is 2. The lowest BCUT2D eigenvalue weighted by molar-refractivity contribution is -0.177. The monoisotopic (exact) mass is 373 g/mol. The highest BCUT2D eigenvalue weighted by Crippen LogP contribution is 2.50. The molecule has 0 amide bonds. The van der Waals surface area contributed by atoms with Crippen LogP contribution < -0.4 is 5.32 Å². The Hall–Kier alpha value is -2.25. The van der Waals surface area contributed by atoms with Crippen molar-refractivity contribution < 1.29 is 32.2 Å². The molecule has 0 aliphatic heterocycles. The van der Waals surface area contributed by atoms with Gasteiger partial charge in [-0.1, -0.05) is 6.07 Å². The van der Waals surface area contributed by atoms with Gasteiger partial charge in [-0.2, -0.15) is 0 Å². The van der Waals surface area contributed by atoms with Gasteiger partial charge in [0.05, 0.1) is 25.6 Å². The number of alkyl halides is 2. The summed E-state index contributed by atoms with van der Waals surface area (Å²) in [5.74, 6) is -6.27. The topological polar surface area (TPSA) is 64.6 Å². The predicted molar refractivity (Wildman–Crippen MR) is 88.3 cm³/mol. The maximum absolute atomic E-state index is 14.3. The lowest BCUT2D eigenvalue weighted by Crippen LogP contribution is -2.48. The molecule has 2 atom stereocenters. The summed E-state index contributed by atoms with van der Waals surface area (Å²) >= 11 is 0. The summed E-state index contributed by atoms with van der Waals surface area (Å²) < 4.78 is 51.1. The molecule has 1 N–H and O–H groups in total. The SMILES string of the molecule is COC(=O)C1CC(F)(F)CC(CCNc2cccc(F)c2)(C(=O)OC)C1. The molecule has 1 saturated carbocycles. The van der Waals surface area contributed by atoms with Crippen molar-refractivity contribution in [2.24, 2.45) is 11.3 Å². The third kappa shape index (κ3) is 4.68. The van der Waals surface area contributed by atoms with Crippen LogP contribution in [-0.4, -0.2) is 38.6 Å². The van der Waals surface area contributed by atoms with E-state index in [-0.39, 0.29) is 19.4 Å². The molecule has 1 aromatic carbocycles. The first-order valence-corrected chi connectivity index (χ1v) is 8.25. The number of carbonyl (C=O) groups excluding carboxylic acids is 2. The van der Waals surface area contributed by atoms with Gasteiger partial charge in [0.1, 0.15) is 5.82 Å². The minimum atomic E-state index is -3.19. The van der Waals surface area contributed by atoms with Gasteiger partial charge in [0.25, 0.3) is 0 Å². The molecule has 1 aromatic rings. The molecule has 5 nitrogen and oxygen atoms in total. The van der Waals surface area contributed by atoms with Gasteiger partial charge in [-0.15, -0.1) is 0 Å². The highest BCUT2D eigenvalue weighted by atomic mass is 19.3. The Kier molecular flexibility index (Phi) is 6.15. The minimum absolute atomic E-state index is 0.0132. The first kappa shape index (κ1) is 20.1. The second kappa shape index (κ2) is 7.97. The summed E-state index contributed by atoms with van der Waals surface area (Å²) in [5.41, 5.74) is -1.05. The highest BCUT2D eigenvalue weighted by molar-refractivity contribution is 5.80. The van der Waals surface area contributed by atoms with Gasteiger partial charge in [-0.25, -0.2) is 13.2 Å². The average Bonchev–Trinajstić information content (AvgIpc) is 2.59. The molecule has 1 fully saturated rings. The molecule has 1 aliphatic rings. The quantitative estimate of drug-likeness (QED) is 0.775. The fourth-order valence-corrected chi connectivity index (χ4v) is 3.59. The number of hydrogen-bond acceptors (Lipinski definition) is 5. The van der Waals surface area contributed by atoms with Crippen LogP contribution in [-0.2, 0) is 19.1 Å². The largest absolute Gasteiger partial charge is 0.469 e. The molecule has 26 heavy (non-hydrogen) atoms. The molecular formula is C18H22F3NO4. The zero-order valence-electron chi connectivity index (χ0n) is 14.7. The Bertz CT molecular complexity index is 668. The van der Waals surface area contributed by atoms with E-state index in [1.165, 1.54) is 18.2 Å².